The lowest BCUT2D eigenvalue weighted by Gasteiger charge is -2.29. The van der Waals surface area contributed by atoms with Crippen LogP contribution >= 0.6 is 0 Å². The van der Waals surface area contributed by atoms with E-state index in [1.807, 2.05) is 6.07 Å². The van der Waals surface area contributed by atoms with E-state index >= 15 is 0 Å². The molecule has 184 valence electrons. The average Bonchev–Trinajstić information content (AvgIpc) is 3.11. The molecule has 2 atom stereocenters. The van der Waals surface area contributed by atoms with Crippen LogP contribution in [0.4, 0.5) is 5.69 Å². The molecule has 8 heteroatoms. The Balaban J connectivity index is 1.43. The van der Waals surface area contributed by atoms with Gasteiger partial charge in [-0.05, 0) is 61.4 Å². The van der Waals surface area contributed by atoms with Gasteiger partial charge in [0, 0.05) is 17.8 Å². The molecule has 2 aliphatic carbocycles. The predicted octanol–water partition coefficient (Wildman–Crippen LogP) is 5.83. The summed E-state index contributed by atoms with van der Waals surface area (Å²) < 4.78 is 33.5. The highest BCUT2D eigenvalue weighted by atomic mass is 32.2. The molecule has 4 rings (SSSR count). The Hall–Kier alpha value is -2.61. The molecule has 2 aliphatic rings. The second-order valence-corrected chi connectivity index (χ2v) is 11.3. The van der Waals surface area contributed by atoms with Crippen molar-refractivity contribution in [3.8, 4) is 5.75 Å². The Morgan fingerprint density at radius 3 is 2.38 bits per heavy atom. The van der Waals surface area contributed by atoms with Gasteiger partial charge in [0.15, 0.2) is 0 Å². The fourth-order valence-electron chi connectivity index (χ4n) is 5.61. The van der Waals surface area contributed by atoms with E-state index in [-0.39, 0.29) is 21.9 Å². The van der Waals surface area contributed by atoms with Gasteiger partial charge in [0.05, 0.1) is 18.4 Å². The van der Waals surface area contributed by atoms with Gasteiger partial charge in [-0.25, -0.2) is 13.2 Å². The highest BCUT2D eigenvalue weighted by molar-refractivity contribution is 7.92. The van der Waals surface area contributed by atoms with Gasteiger partial charge in [0.25, 0.3) is 10.0 Å². The first-order valence-corrected chi connectivity index (χ1v) is 13.8. The topological polar surface area (TPSA) is 106 Å². The SMILES string of the molecule is COc1cc(C(=O)O)ccc1NS(=O)(=O)c1ccc(C2CCCC(C3CCCCC3)CC2)nc1. The van der Waals surface area contributed by atoms with Gasteiger partial charge < -0.3 is 9.84 Å². The van der Waals surface area contributed by atoms with Gasteiger partial charge >= 0.3 is 5.97 Å². The number of carboxylic acid groups (broad SMARTS) is 1. The number of hydrogen-bond donors (Lipinski definition) is 2. The van der Waals surface area contributed by atoms with Gasteiger partial charge in [0.2, 0.25) is 0 Å². The zero-order valence-electron chi connectivity index (χ0n) is 19.7. The molecule has 1 heterocycles. The number of rotatable bonds is 7. The number of anilines is 1. The molecule has 0 bridgehead atoms. The van der Waals surface area contributed by atoms with Crippen LogP contribution in [0.5, 0.6) is 5.75 Å². The Morgan fingerprint density at radius 2 is 1.71 bits per heavy atom. The zero-order valence-corrected chi connectivity index (χ0v) is 20.5. The third-order valence-corrected chi connectivity index (χ3v) is 8.86. The van der Waals surface area contributed by atoms with E-state index in [1.165, 1.54) is 82.9 Å². The number of carboxylic acids is 1. The first kappa shape index (κ1) is 24.5. The molecule has 2 unspecified atom stereocenters. The Bertz CT molecular complexity index is 1090. The van der Waals surface area contributed by atoms with Crippen molar-refractivity contribution in [3.05, 3.63) is 47.8 Å². The number of aromatic nitrogens is 1. The summed E-state index contributed by atoms with van der Waals surface area (Å²) in [5, 5.41) is 9.14. The Kier molecular flexibility index (Phi) is 7.76. The van der Waals surface area contributed by atoms with Crippen molar-refractivity contribution in [3.63, 3.8) is 0 Å². The lowest BCUT2D eigenvalue weighted by Crippen LogP contribution is -2.17. The molecular weight excluding hydrogens is 452 g/mol. The number of methoxy groups -OCH3 is 1. The highest BCUT2D eigenvalue weighted by Crippen LogP contribution is 2.41. The van der Waals surface area contributed by atoms with Crippen molar-refractivity contribution in [2.75, 3.05) is 11.8 Å². The normalized spacial score (nSPS) is 22.0. The molecule has 0 aliphatic heterocycles. The molecule has 7 nitrogen and oxygen atoms in total. The largest absolute Gasteiger partial charge is 0.495 e. The van der Waals surface area contributed by atoms with Crippen molar-refractivity contribution in [2.24, 2.45) is 11.8 Å². The second kappa shape index (κ2) is 10.8. The molecule has 1 aromatic carbocycles. The molecule has 0 radical (unpaired) electrons. The maximum atomic E-state index is 12.9. The van der Waals surface area contributed by atoms with E-state index in [2.05, 4.69) is 9.71 Å². The fourth-order valence-corrected chi connectivity index (χ4v) is 6.62. The smallest absolute Gasteiger partial charge is 0.335 e. The average molecular weight is 487 g/mol. The summed E-state index contributed by atoms with van der Waals surface area (Å²) in [6.45, 7) is 0. The molecule has 1 aromatic heterocycles. The molecule has 2 N–H and O–H groups in total. The van der Waals surface area contributed by atoms with Crippen molar-refractivity contribution in [2.45, 2.75) is 75.0 Å². The number of nitrogens with one attached hydrogen (secondary N) is 1. The van der Waals surface area contributed by atoms with Crippen LogP contribution in [0.15, 0.2) is 41.4 Å². The minimum absolute atomic E-state index is 0.0138. The number of carbonyl (C=O) groups is 1. The van der Waals surface area contributed by atoms with Crippen LogP contribution in [0.2, 0.25) is 0 Å². The number of aromatic carboxylic acids is 1. The summed E-state index contributed by atoms with van der Waals surface area (Å²) >= 11 is 0. The fraction of sp³-hybridized carbons (Fsp3) is 0.538. The molecule has 0 amide bonds. The summed E-state index contributed by atoms with van der Waals surface area (Å²) in [5.74, 6) is 1.12. The monoisotopic (exact) mass is 486 g/mol. The quantitative estimate of drug-likeness (QED) is 0.477. The third kappa shape index (κ3) is 5.71. The number of benzene rings is 1. The number of hydrogen-bond acceptors (Lipinski definition) is 5. The minimum atomic E-state index is -3.90. The van der Waals surface area contributed by atoms with Gasteiger partial charge in [-0.15, -0.1) is 0 Å². The second-order valence-electron chi connectivity index (χ2n) is 9.61. The summed E-state index contributed by atoms with van der Waals surface area (Å²) in [7, 11) is -2.54. The molecule has 2 saturated carbocycles. The molecular formula is C26H34N2O5S. The molecule has 0 spiro atoms. The van der Waals surface area contributed by atoms with E-state index in [1.54, 1.807) is 6.07 Å². The van der Waals surface area contributed by atoms with Crippen molar-refractivity contribution in [1.82, 2.24) is 4.98 Å². The van der Waals surface area contributed by atoms with Crippen molar-refractivity contribution >= 4 is 21.7 Å². The van der Waals surface area contributed by atoms with Crippen molar-refractivity contribution < 1.29 is 23.1 Å². The number of pyridine rings is 1. The van der Waals surface area contributed by atoms with Crippen LogP contribution in [0.25, 0.3) is 0 Å². The molecule has 34 heavy (non-hydrogen) atoms. The van der Waals surface area contributed by atoms with Crippen LogP contribution in [-0.2, 0) is 10.0 Å². The first-order chi connectivity index (χ1) is 16.4. The maximum absolute atomic E-state index is 12.9. The van der Waals surface area contributed by atoms with Crippen LogP contribution in [0.1, 0.15) is 86.2 Å². The Labute approximate surface area is 202 Å². The maximum Gasteiger partial charge on any atom is 0.335 e. The van der Waals surface area contributed by atoms with E-state index in [9.17, 15) is 13.2 Å². The molecule has 0 saturated heterocycles. The number of sulfonamides is 1. The third-order valence-electron chi connectivity index (χ3n) is 7.51. The lowest BCUT2D eigenvalue weighted by molar-refractivity contribution is 0.0696. The van der Waals surface area contributed by atoms with Gasteiger partial charge in [-0.2, -0.15) is 0 Å². The van der Waals surface area contributed by atoms with Crippen LogP contribution in [0.3, 0.4) is 0 Å². The van der Waals surface area contributed by atoms with E-state index < -0.39 is 16.0 Å². The standard InChI is InChI=1S/C26H34N2O5S/c1-33-25-16-21(26(29)30)12-14-24(25)28-34(31,32)22-13-15-23(27-17-22)20-9-5-8-19(10-11-20)18-6-3-2-4-7-18/h12-20,28H,2-11H2,1H3,(H,29,30). The summed E-state index contributed by atoms with van der Waals surface area (Å²) in [4.78, 5) is 15.8. The van der Waals surface area contributed by atoms with Gasteiger partial charge in [-0.3, -0.25) is 9.71 Å². The number of ether oxygens (including phenoxy) is 1. The summed E-state index contributed by atoms with van der Waals surface area (Å²) in [6, 6.07) is 7.44. The summed E-state index contributed by atoms with van der Waals surface area (Å²) in [5.41, 5.74) is 1.15. The lowest BCUT2D eigenvalue weighted by atomic mass is 9.76. The first-order valence-electron chi connectivity index (χ1n) is 12.3. The highest BCUT2D eigenvalue weighted by Gasteiger charge is 2.28. The van der Waals surface area contributed by atoms with E-state index in [0.717, 1.165) is 30.4 Å². The minimum Gasteiger partial charge on any atom is -0.495 e. The van der Waals surface area contributed by atoms with Crippen LogP contribution in [0, 0.1) is 11.8 Å². The summed E-state index contributed by atoms with van der Waals surface area (Å²) in [6.07, 6.45) is 14.3. The molecule has 2 fully saturated rings. The predicted molar refractivity (Wildman–Crippen MR) is 131 cm³/mol. The Morgan fingerprint density at radius 1 is 0.971 bits per heavy atom. The zero-order chi connectivity index (χ0) is 24.1. The molecule has 2 aromatic rings. The van der Waals surface area contributed by atoms with Gasteiger partial charge in [0.1, 0.15) is 10.6 Å². The van der Waals surface area contributed by atoms with E-state index in [4.69, 9.17) is 9.84 Å². The van der Waals surface area contributed by atoms with Gasteiger partial charge in [-0.1, -0.05) is 44.9 Å². The van der Waals surface area contributed by atoms with Crippen LogP contribution < -0.4 is 9.46 Å². The number of nitrogens with zero attached hydrogens (tertiary/aromatic N) is 1. The van der Waals surface area contributed by atoms with E-state index in [0.29, 0.717) is 5.92 Å². The van der Waals surface area contributed by atoms with Crippen molar-refractivity contribution in [1.29, 1.82) is 0 Å². The van der Waals surface area contributed by atoms with Crippen LogP contribution in [-0.4, -0.2) is 31.6 Å².